The van der Waals surface area contributed by atoms with Crippen molar-refractivity contribution in [3.05, 3.63) is 45.9 Å². The zero-order valence-corrected chi connectivity index (χ0v) is 17.9. The van der Waals surface area contributed by atoms with Crippen molar-refractivity contribution in [3.63, 3.8) is 0 Å². The van der Waals surface area contributed by atoms with Crippen molar-refractivity contribution in [2.45, 2.75) is 32.8 Å². The van der Waals surface area contributed by atoms with Crippen LogP contribution in [0, 0.1) is 12.8 Å². The van der Waals surface area contributed by atoms with E-state index in [0.29, 0.717) is 18.9 Å². The number of ether oxygens (including phenoxy) is 1. The van der Waals surface area contributed by atoms with Gasteiger partial charge in [0.1, 0.15) is 17.4 Å². The smallest absolute Gasteiger partial charge is 0.226 e. The van der Waals surface area contributed by atoms with Crippen molar-refractivity contribution in [3.8, 4) is 5.75 Å². The Balaban J connectivity index is 0.00000182. The number of halogens is 2. The van der Waals surface area contributed by atoms with Gasteiger partial charge in [-0.15, -0.1) is 36.2 Å². The van der Waals surface area contributed by atoms with Crippen molar-refractivity contribution in [1.29, 1.82) is 0 Å². The van der Waals surface area contributed by atoms with Crippen molar-refractivity contribution in [2.24, 2.45) is 5.92 Å². The maximum Gasteiger partial charge on any atom is 0.226 e. The number of benzene rings is 1. The summed E-state index contributed by atoms with van der Waals surface area (Å²) in [4.78, 5) is 16.5. The molecule has 1 saturated heterocycles. The molecule has 150 valence electrons. The largest absolute Gasteiger partial charge is 0.486 e. The van der Waals surface area contributed by atoms with Crippen molar-refractivity contribution in [2.75, 3.05) is 19.6 Å². The minimum absolute atomic E-state index is 0. The van der Waals surface area contributed by atoms with E-state index in [4.69, 9.17) is 4.74 Å². The minimum atomic E-state index is 0. The van der Waals surface area contributed by atoms with Crippen LogP contribution in [-0.2, 0) is 17.8 Å². The maximum absolute atomic E-state index is 12.0. The summed E-state index contributed by atoms with van der Waals surface area (Å²) in [6.07, 6.45) is 2.60. The van der Waals surface area contributed by atoms with Gasteiger partial charge in [-0.05, 0) is 50.9 Å². The molecule has 27 heavy (non-hydrogen) atoms. The second kappa shape index (κ2) is 12.2. The standard InChI is InChI=1S/C19H25N3O2S.2ClH/c1-14-2-4-17(5-3-14)24-12-19-22-16(13-25-19)10-18(23)21-9-7-15-6-8-20-11-15;;/h2-5,13,15,20H,6-12H2,1H3,(H,21,23);2*1H. The van der Waals surface area contributed by atoms with Crippen LogP contribution in [0.25, 0.3) is 0 Å². The van der Waals surface area contributed by atoms with Crippen LogP contribution in [0.1, 0.15) is 29.1 Å². The van der Waals surface area contributed by atoms with E-state index >= 15 is 0 Å². The Bertz CT molecular complexity index is 689. The van der Waals surface area contributed by atoms with Crippen LogP contribution in [0.15, 0.2) is 29.6 Å². The van der Waals surface area contributed by atoms with Gasteiger partial charge >= 0.3 is 0 Å². The van der Waals surface area contributed by atoms with Crippen LogP contribution in [0.5, 0.6) is 5.75 Å². The average molecular weight is 432 g/mol. The van der Waals surface area contributed by atoms with Gasteiger partial charge in [-0.1, -0.05) is 17.7 Å². The molecule has 1 aromatic carbocycles. The lowest BCUT2D eigenvalue weighted by molar-refractivity contribution is -0.120. The first-order valence-corrected chi connectivity index (χ1v) is 9.67. The fraction of sp³-hybridized carbons (Fsp3) is 0.474. The van der Waals surface area contributed by atoms with Gasteiger partial charge in [0, 0.05) is 11.9 Å². The molecule has 8 heteroatoms. The van der Waals surface area contributed by atoms with E-state index in [0.717, 1.165) is 42.5 Å². The molecular formula is C19H27Cl2N3O2S. The fourth-order valence-corrected chi connectivity index (χ4v) is 3.58. The second-order valence-corrected chi connectivity index (χ2v) is 7.45. The monoisotopic (exact) mass is 431 g/mol. The zero-order valence-electron chi connectivity index (χ0n) is 15.4. The number of aromatic nitrogens is 1. The Morgan fingerprint density at radius 2 is 2.11 bits per heavy atom. The highest BCUT2D eigenvalue weighted by Crippen LogP contribution is 2.16. The molecule has 1 aliphatic heterocycles. The van der Waals surface area contributed by atoms with E-state index in [1.54, 1.807) is 0 Å². The maximum atomic E-state index is 12.0. The van der Waals surface area contributed by atoms with Gasteiger partial charge in [0.2, 0.25) is 5.91 Å². The Hall–Kier alpha value is -1.34. The number of thiazole rings is 1. The Morgan fingerprint density at radius 1 is 1.33 bits per heavy atom. The van der Waals surface area contributed by atoms with E-state index < -0.39 is 0 Å². The summed E-state index contributed by atoms with van der Waals surface area (Å²) >= 11 is 1.53. The van der Waals surface area contributed by atoms with Gasteiger partial charge in [0.15, 0.2) is 0 Å². The number of aryl methyl sites for hydroxylation is 1. The predicted molar refractivity (Wildman–Crippen MR) is 114 cm³/mol. The fourth-order valence-electron chi connectivity index (χ4n) is 2.88. The van der Waals surface area contributed by atoms with Gasteiger partial charge in [-0.2, -0.15) is 0 Å². The van der Waals surface area contributed by atoms with Crippen molar-refractivity contribution in [1.82, 2.24) is 15.6 Å². The molecule has 0 spiro atoms. The van der Waals surface area contributed by atoms with Crippen LogP contribution < -0.4 is 15.4 Å². The lowest BCUT2D eigenvalue weighted by Gasteiger charge is -2.08. The van der Waals surface area contributed by atoms with Crippen LogP contribution in [0.4, 0.5) is 0 Å². The normalized spacial score (nSPS) is 15.5. The van der Waals surface area contributed by atoms with Gasteiger partial charge in [-0.25, -0.2) is 4.98 Å². The highest BCUT2D eigenvalue weighted by molar-refractivity contribution is 7.09. The lowest BCUT2D eigenvalue weighted by atomic mass is 10.1. The summed E-state index contributed by atoms with van der Waals surface area (Å²) in [6, 6.07) is 7.96. The number of nitrogens with zero attached hydrogens (tertiary/aromatic N) is 1. The molecule has 0 aliphatic carbocycles. The van der Waals surface area contributed by atoms with Crippen LogP contribution in [0.3, 0.4) is 0 Å². The topological polar surface area (TPSA) is 63.2 Å². The third-order valence-electron chi connectivity index (χ3n) is 4.36. The Labute approximate surface area is 177 Å². The van der Waals surface area contributed by atoms with Crippen LogP contribution in [0.2, 0.25) is 0 Å². The zero-order chi connectivity index (χ0) is 17.5. The summed E-state index contributed by atoms with van der Waals surface area (Å²) < 4.78 is 5.73. The summed E-state index contributed by atoms with van der Waals surface area (Å²) in [6.45, 7) is 5.41. The van der Waals surface area contributed by atoms with Crippen LogP contribution >= 0.6 is 36.2 Å². The van der Waals surface area contributed by atoms with E-state index in [1.807, 2.05) is 36.6 Å². The van der Waals surface area contributed by atoms with E-state index in [2.05, 4.69) is 15.6 Å². The number of carbonyl (C=O) groups is 1. The van der Waals surface area contributed by atoms with E-state index in [1.165, 1.54) is 23.3 Å². The molecule has 2 heterocycles. The first-order chi connectivity index (χ1) is 12.2. The third kappa shape index (κ3) is 8.05. The molecule has 1 aliphatic rings. The SMILES string of the molecule is Cc1ccc(OCc2nc(CC(=O)NCCC3CCNC3)cs2)cc1.Cl.Cl. The molecule has 1 atom stereocenters. The van der Waals surface area contributed by atoms with Gasteiger partial charge in [0.25, 0.3) is 0 Å². The predicted octanol–water partition coefficient (Wildman–Crippen LogP) is 3.53. The Morgan fingerprint density at radius 3 is 2.81 bits per heavy atom. The van der Waals surface area contributed by atoms with Crippen LogP contribution in [-0.4, -0.2) is 30.5 Å². The molecule has 0 bridgehead atoms. The number of rotatable bonds is 8. The van der Waals surface area contributed by atoms with Gasteiger partial charge in [-0.3, -0.25) is 4.79 Å². The van der Waals surface area contributed by atoms with Gasteiger partial charge in [0.05, 0.1) is 12.1 Å². The van der Waals surface area contributed by atoms with Crippen molar-refractivity contribution < 1.29 is 9.53 Å². The summed E-state index contributed by atoms with van der Waals surface area (Å²) in [7, 11) is 0. The number of amides is 1. The van der Waals surface area contributed by atoms with Gasteiger partial charge < -0.3 is 15.4 Å². The quantitative estimate of drug-likeness (QED) is 0.670. The number of hydrogen-bond donors (Lipinski definition) is 2. The molecule has 0 saturated carbocycles. The molecule has 2 N–H and O–H groups in total. The molecule has 2 aromatic rings. The first kappa shape index (κ1) is 23.7. The van der Waals surface area contributed by atoms with E-state index in [-0.39, 0.29) is 30.7 Å². The molecule has 1 fully saturated rings. The first-order valence-electron chi connectivity index (χ1n) is 8.79. The third-order valence-corrected chi connectivity index (χ3v) is 5.23. The van der Waals surface area contributed by atoms with E-state index in [9.17, 15) is 4.79 Å². The molecule has 5 nitrogen and oxygen atoms in total. The summed E-state index contributed by atoms with van der Waals surface area (Å²) in [5, 5.41) is 9.17. The lowest BCUT2D eigenvalue weighted by Crippen LogP contribution is -2.27. The molecule has 3 rings (SSSR count). The second-order valence-electron chi connectivity index (χ2n) is 6.51. The molecule has 1 unspecified atom stereocenters. The molecule has 1 aromatic heterocycles. The summed E-state index contributed by atoms with van der Waals surface area (Å²) in [5.74, 6) is 1.58. The molecular weight excluding hydrogens is 405 g/mol. The molecule has 0 radical (unpaired) electrons. The minimum Gasteiger partial charge on any atom is -0.486 e. The highest BCUT2D eigenvalue weighted by atomic mass is 35.5. The summed E-state index contributed by atoms with van der Waals surface area (Å²) in [5.41, 5.74) is 2.02. The Kier molecular flexibility index (Phi) is 10.7. The number of carbonyl (C=O) groups excluding carboxylic acids is 1. The van der Waals surface area contributed by atoms with Crippen molar-refractivity contribution >= 4 is 42.1 Å². The number of hydrogen-bond acceptors (Lipinski definition) is 5. The highest BCUT2D eigenvalue weighted by Gasteiger charge is 2.14. The number of nitrogens with one attached hydrogen (secondary N) is 2. The average Bonchev–Trinajstić information content (AvgIpc) is 3.26. The molecule has 1 amide bonds.